The number of rotatable bonds is 2. The number of hydrogen-bond acceptors (Lipinski definition) is 3. The van der Waals surface area contributed by atoms with Gasteiger partial charge in [0.05, 0.1) is 20.4 Å². The van der Waals surface area contributed by atoms with E-state index in [0.29, 0.717) is 0 Å². The second-order valence-corrected chi connectivity index (χ2v) is 1.86. The van der Waals surface area contributed by atoms with Gasteiger partial charge in [-0.15, -0.1) is 0 Å². The zero-order valence-electron chi connectivity index (χ0n) is 6.30. The van der Waals surface area contributed by atoms with Crippen molar-refractivity contribution in [3.8, 4) is 11.6 Å². The Morgan fingerprint density at radius 2 is 2.09 bits per heavy atom. The maximum Gasteiger partial charge on any atom is 0.216 e. The molecule has 60 valence electrons. The van der Waals surface area contributed by atoms with Crippen molar-refractivity contribution in [2.75, 3.05) is 14.2 Å². The molecule has 1 rings (SSSR count). The number of halogens is 1. The van der Waals surface area contributed by atoms with Gasteiger partial charge in [0, 0.05) is 6.07 Å². The molecule has 0 amide bonds. The van der Waals surface area contributed by atoms with Gasteiger partial charge in [0.2, 0.25) is 5.88 Å². The van der Waals surface area contributed by atoms with Gasteiger partial charge in [-0.25, -0.2) is 9.37 Å². The van der Waals surface area contributed by atoms with Gasteiger partial charge in [-0.1, -0.05) is 0 Å². The fourth-order valence-corrected chi connectivity index (χ4v) is 0.663. The summed E-state index contributed by atoms with van der Waals surface area (Å²) in [7, 11) is 2.81. The minimum absolute atomic E-state index is 0.116. The van der Waals surface area contributed by atoms with Crippen molar-refractivity contribution in [3.05, 3.63) is 18.1 Å². The minimum atomic E-state index is -0.473. The molecule has 1 heterocycles. The normalized spacial score (nSPS) is 9.36. The van der Waals surface area contributed by atoms with Crippen LogP contribution < -0.4 is 9.47 Å². The van der Waals surface area contributed by atoms with Gasteiger partial charge in [-0.05, 0) is 0 Å². The predicted octanol–water partition coefficient (Wildman–Crippen LogP) is 1.24. The van der Waals surface area contributed by atoms with Gasteiger partial charge in [0.15, 0.2) is 11.6 Å². The molecule has 0 saturated heterocycles. The Balaban J connectivity index is 2.99. The van der Waals surface area contributed by atoms with E-state index < -0.39 is 5.82 Å². The summed E-state index contributed by atoms with van der Waals surface area (Å²) in [6, 6.07) is 1.17. The first kappa shape index (κ1) is 7.78. The molecule has 1 aromatic heterocycles. The highest BCUT2D eigenvalue weighted by Crippen LogP contribution is 2.18. The highest BCUT2D eigenvalue weighted by Gasteiger charge is 2.03. The van der Waals surface area contributed by atoms with Crippen LogP contribution in [-0.4, -0.2) is 19.2 Å². The lowest BCUT2D eigenvalue weighted by molar-refractivity contribution is 0.366. The van der Waals surface area contributed by atoms with Crippen LogP contribution in [0.15, 0.2) is 12.3 Å². The average molecular weight is 157 g/mol. The molecule has 0 aliphatic heterocycles. The highest BCUT2D eigenvalue weighted by molar-refractivity contribution is 5.24. The molecule has 0 N–H and O–H groups in total. The first-order valence-corrected chi connectivity index (χ1v) is 3.01. The molecule has 4 heteroatoms. The van der Waals surface area contributed by atoms with Crippen LogP contribution in [0.25, 0.3) is 0 Å². The van der Waals surface area contributed by atoms with Gasteiger partial charge in [-0.2, -0.15) is 0 Å². The topological polar surface area (TPSA) is 31.4 Å². The van der Waals surface area contributed by atoms with Crippen molar-refractivity contribution in [1.82, 2.24) is 4.98 Å². The molecule has 0 aliphatic carbocycles. The predicted molar refractivity (Wildman–Crippen MR) is 37.3 cm³/mol. The third-order valence-corrected chi connectivity index (χ3v) is 1.22. The molecule has 0 aromatic carbocycles. The van der Waals surface area contributed by atoms with Crippen LogP contribution in [0, 0.1) is 5.82 Å². The van der Waals surface area contributed by atoms with Crippen molar-refractivity contribution < 1.29 is 13.9 Å². The summed E-state index contributed by atoms with van der Waals surface area (Å²) in [5.41, 5.74) is 0. The fourth-order valence-electron chi connectivity index (χ4n) is 0.663. The van der Waals surface area contributed by atoms with Gasteiger partial charge in [0.1, 0.15) is 0 Å². The maximum atomic E-state index is 12.8. The van der Waals surface area contributed by atoms with Crippen LogP contribution >= 0.6 is 0 Å². The molecular weight excluding hydrogens is 149 g/mol. The number of pyridine rings is 1. The Bertz CT molecular complexity index is 252. The Labute approximate surface area is 63.8 Å². The second kappa shape index (κ2) is 3.18. The largest absolute Gasteiger partial charge is 0.492 e. The first-order valence-electron chi connectivity index (χ1n) is 3.01. The molecule has 0 atom stereocenters. The van der Waals surface area contributed by atoms with E-state index in [4.69, 9.17) is 0 Å². The van der Waals surface area contributed by atoms with Gasteiger partial charge >= 0.3 is 0 Å². The highest BCUT2D eigenvalue weighted by atomic mass is 19.1. The molecule has 0 radical (unpaired) electrons. The lowest BCUT2D eigenvalue weighted by Gasteiger charge is -2.01. The van der Waals surface area contributed by atoms with E-state index in [1.54, 1.807) is 0 Å². The molecule has 0 fully saturated rings. The van der Waals surface area contributed by atoms with E-state index in [1.165, 1.54) is 26.5 Å². The second-order valence-electron chi connectivity index (χ2n) is 1.86. The van der Waals surface area contributed by atoms with Crippen molar-refractivity contribution in [1.29, 1.82) is 0 Å². The van der Waals surface area contributed by atoms with Gasteiger partial charge in [0.25, 0.3) is 0 Å². The van der Waals surface area contributed by atoms with Crippen LogP contribution in [0.1, 0.15) is 0 Å². The smallest absolute Gasteiger partial charge is 0.216 e. The molecule has 0 unspecified atom stereocenters. The van der Waals surface area contributed by atoms with Crippen LogP contribution in [0.2, 0.25) is 0 Å². The van der Waals surface area contributed by atoms with E-state index in [1.807, 2.05) is 0 Å². The van der Waals surface area contributed by atoms with Gasteiger partial charge < -0.3 is 9.47 Å². The van der Waals surface area contributed by atoms with Gasteiger partial charge in [-0.3, -0.25) is 0 Å². The Kier molecular flexibility index (Phi) is 2.25. The SMILES string of the molecule is COc1cc(F)c(OC)cn1. The number of nitrogens with zero attached hydrogens (tertiary/aromatic N) is 1. The Morgan fingerprint density at radius 1 is 1.36 bits per heavy atom. The number of aromatic nitrogens is 1. The quantitative estimate of drug-likeness (QED) is 0.647. The van der Waals surface area contributed by atoms with Crippen molar-refractivity contribution >= 4 is 0 Å². The van der Waals surface area contributed by atoms with E-state index in [-0.39, 0.29) is 11.6 Å². The van der Waals surface area contributed by atoms with E-state index in [0.717, 1.165) is 0 Å². The van der Waals surface area contributed by atoms with Crippen molar-refractivity contribution in [3.63, 3.8) is 0 Å². The molecule has 0 aliphatic rings. The van der Waals surface area contributed by atoms with E-state index in [9.17, 15) is 4.39 Å². The number of ether oxygens (including phenoxy) is 2. The summed E-state index contributed by atoms with van der Waals surface area (Å²) in [6.45, 7) is 0. The number of methoxy groups -OCH3 is 2. The zero-order chi connectivity index (χ0) is 8.27. The average Bonchev–Trinajstić information content (AvgIpc) is 2.04. The standard InChI is InChI=1S/C7H8FNO2/c1-10-6-4-9-7(11-2)3-5(6)8/h3-4H,1-2H3. The summed E-state index contributed by atoms with van der Waals surface area (Å²) in [6.07, 6.45) is 1.27. The third-order valence-electron chi connectivity index (χ3n) is 1.22. The summed E-state index contributed by atoms with van der Waals surface area (Å²) in [5.74, 6) is -0.117. The summed E-state index contributed by atoms with van der Waals surface area (Å²) < 4.78 is 22.1. The van der Waals surface area contributed by atoms with Crippen molar-refractivity contribution in [2.45, 2.75) is 0 Å². The Morgan fingerprint density at radius 3 is 2.55 bits per heavy atom. The minimum Gasteiger partial charge on any atom is -0.492 e. The van der Waals surface area contributed by atoms with Crippen LogP contribution in [0.4, 0.5) is 4.39 Å². The van der Waals surface area contributed by atoms with Crippen molar-refractivity contribution in [2.24, 2.45) is 0 Å². The molecule has 0 bridgehead atoms. The maximum absolute atomic E-state index is 12.8. The monoisotopic (exact) mass is 157 g/mol. The Hall–Kier alpha value is -1.32. The van der Waals surface area contributed by atoms with Crippen LogP contribution in [-0.2, 0) is 0 Å². The lowest BCUT2D eigenvalue weighted by atomic mass is 10.4. The number of hydrogen-bond donors (Lipinski definition) is 0. The molecule has 11 heavy (non-hydrogen) atoms. The molecule has 0 spiro atoms. The molecule has 3 nitrogen and oxygen atoms in total. The third kappa shape index (κ3) is 1.58. The van der Waals surface area contributed by atoms with E-state index >= 15 is 0 Å². The molecular formula is C7H8FNO2. The summed E-state index contributed by atoms with van der Waals surface area (Å²) in [4.78, 5) is 3.74. The zero-order valence-corrected chi connectivity index (χ0v) is 6.30. The summed E-state index contributed by atoms with van der Waals surface area (Å²) in [5, 5.41) is 0. The lowest BCUT2D eigenvalue weighted by Crippen LogP contribution is -1.92. The fraction of sp³-hybridized carbons (Fsp3) is 0.286. The van der Waals surface area contributed by atoms with Crippen LogP contribution in [0.5, 0.6) is 11.6 Å². The van der Waals surface area contributed by atoms with Crippen LogP contribution in [0.3, 0.4) is 0 Å². The summed E-state index contributed by atoms with van der Waals surface area (Å²) >= 11 is 0. The molecule has 0 saturated carbocycles. The molecule has 1 aromatic rings. The van der Waals surface area contributed by atoms with E-state index in [2.05, 4.69) is 14.5 Å². The first-order chi connectivity index (χ1) is 5.27.